The lowest BCUT2D eigenvalue weighted by molar-refractivity contribution is 0.671. The van der Waals surface area contributed by atoms with E-state index in [1.807, 2.05) is 38.3 Å². The molecule has 0 atom stereocenters. The number of hydrogen-bond donors (Lipinski definition) is 2. The standard InChI is InChI=1S/C20H27N7.C2H6/c1-5-22-25-15(3)23-20-24-19(12-18(21-4)27(20)6-2)26-13-16-9-7-8-10-17(11-16)14-26;1-2/h7-10,12,22H,5-6,13-14H2,1-4H3,(H,23,24,25);1-2H3. The molecular formula is C22H33N7. The summed E-state index contributed by atoms with van der Waals surface area (Å²) in [5.41, 5.74) is 12.8. The first-order valence-electron chi connectivity index (χ1n) is 10.3. The number of nitrogens with one attached hydrogen (secondary N) is 2. The minimum absolute atomic E-state index is 0.640. The van der Waals surface area contributed by atoms with Crippen molar-refractivity contribution in [3.8, 4) is 0 Å². The fourth-order valence-corrected chi connectivity index (χ4v) is 3.07. The molecule has 1 aromatic rings. The van der Waals surface area contributed by atoms with E-state index in [-0.39, 0.29) is 0 Å². The van der Waals surface area contributed by atoms with Gasteiger partial charge in [-0.05, 0) is 26.0 Å². The molecule has 1 aliphatic carbocycles. The van der Waals surface area contributed by atoms with Crippen LogP contribution in [0.2, 0.25) is 0 Å². The zero-order valence-corrected chi connectivity index (χ0v) is 18.5. The average Bonchev–Trinajstić information content (AvgIpc) is 2.92. The molecule has 0 saturated heterocycles. The normalized spacial score (nSPS) is 16.0. The molecule has 0 radical (unpaired) electrons. The number of hydrogen-bond acceptors (Lipinski definition) is 5. The molecule has 156 valence electrons. The number of aliphatic imine (C=N–C) groups is 1. The maximum Gasteiger partial charge on any atom is 0.234 e. The number of amidine groups is 1. The van der Waals surface area contributed by atoms with Gasteiger partial charge in [0.15, 0.2) is 0 Å². The van der Waals surface area contributed by atoms with E-state index < -0.39 is 0 Å². The molecule has 1 aromatic heterocycles. The number of hydrazine groups is 1. The summed E-state index contributed by atoms with van der Waals surface area (Å²) < 4.78 is 2.01. The summed E-state index contributed by atoms with van der Waals surface area (Å²) in [6.07, 6.45) is 8.31. The van der Waals surface area contributed by atoms with Crippen LogP contribution < -0.4 is 21.2 Å². The van der Waals surface area contributed by atoms with E-state index in [4.69, 9.17) is 4.98 Å². The van der Waals surface area contributed by atoms with Crippen LogP contribution in [-0.2, 0) is 6.54 Å². The Morgan fingerprint density at radius 2 is 1.83 bits per heavy atom. The van der Waals surface area contributed by atoms with Crippen LogP contribution in [-0.4, -0.2) is 42.1 Å². The maximum absolute atomic E-state index is 4.85. The van der Waals surface area contributed by atoms with Crippen LogP contribution in [0.1, 0.15) is 34.6 Å². The van der Waals surface area contributed by atoms with Gasteiger partial charge in [-0.25, -0.2) is 5.43 Å². The number of nitrogens with zero attached hydrogens (tertiary/aromatic N) is 5. The van der Waals surface area contributed by atoms with Gasteiger partial charge < -0.3 is 10.3 Å². The van der Waals surface area contributed by atoms with Gasteiger partial charge in [0.25, 0.3) is 0 Å². The first-order valence-corrected chi connectivity index (χ1v) is 10.3. The molecule has 7 nitrogen and oxygen atoms in total. The second-order valence-electron chi connectivity index (χ2n) is 6.34. The Kier molecular flexibility index (Phi) is 8.65. The average molecular weight is 396 g/mol. The van der Waals surface area contributed by atoms with Crippen molar-refractivity contribution in [3.63, 3.8) is 0 Å². The number of anilines is 1. The van der Waals surface area contributed by atoms with Crippen LogP contribution in [0, 0.1) is 0 Å². The molecule has 1 aliphatic heterocycles. The molecule has 2 bridgehead atoms. The minimum Gasteiger partial charge on any atom is -0.346 e. The Morgan fingerprint density at radius 1 is 1.17 bits per heavy atom. The highest BCUT2D eigenvalue weighted by atomic mass is 15.4. The van der Waals surface area contributed by atoms with Crippen LogP contribution in [0.3, 0.4) is 0 Å². The number of aromatic nitrogens is 2. The van der Waals surface area contributed by atoms with Crippen molar-refractivity contribution in [2.45, 2.75) is 41.2 Å². The summed E-state index contributed by atoms with van der Waals surface area (Å²) in [5, 5.41) is 0. The first kappa shape index (κ1) is 22.4. The van der Waals surface area contributed by atoms with Gasteiger partial charge in [-0.1, -0.05) is 32.9 Å². The molecule has 29 heavy (non-hydrogen) atoms. The fraction of sp³-hybridized carbons (Fsp3) is 0.455. The summed E-state index contributed by atoms with van der Waals surface area (Å²) in [6.45, 7) is 13.1. The quantitative estimate of drug-likeness (QED) is 0.348. The molecule has 0 spiro atoms. The maximum atomic E-state index is 4.85. The molecule has 2 aliphatic rings. The fourth-order valence-electron chi connectivity index (χ4n) is 3.07. The molecule has 2 heterocycles. The third-order valence-corrected chi connectivity index (χ3v) is 4.32. The van der Waals surface area contributed by atoms with E-state index in [9.17, 15) is 0 Å². The highest BCUT2D eigenvalue weighted by Gasteiger charge is 2.18. The molecule has 0 saturated carbocycles. The van der Waals surface area contributed by atoms with Crippen molar-refractivity contribution in [3.05, 3.63) is 52.7 Å². The summed E-state index contributed by atoms with van der Waals surface area (Å²) in [5.74, 6) is 2.27. The van der Waals surface area contributed by atoms with Gasteiger partial charge in [0.2, 0.25) is 5.95 Å². The third-order valence-electron chi connectivity index (χ3n) is 4.32. The smallest absolute Gasteiger partial charge is 0.234 e. The first-order chi connectivity index (χ1) is 14.1. The van der Waals surface area contributed by atoms with Crippen LogP contribution in [0.15, 0.2) is 57.2 Å². The van der Waals surface area contributed by atoms with E-state index in [2.05, 4.69) is 62.7 Å². The highest BCUT2D eigenvalue weighted by molar-refractivity contribution is 5.81. The van der Waals surface area contributed by atoms with E-state index in [0.717, 1.165) is 54.5 Å². The predicted molar refractivity (Wildman–Crippen MR) is 121 cm³/mol. The number of rotatable bonds is 5. The van der Waals surface area contributed by atoms with Crippen LogP contribution >= 0.6 is 0 Å². The zero-order chi connectivity index (χ0) is 21.2. The molecule has 7 heteroatoms. The Hall–Kier alpha value is -2.89. The molecule has 0 unspecified atom stereocenters. The summed E-state index contributed by atoms with van der Waals surface area (Å²) in [4.78, 5) is 16.2. The lowest BCUT2D eigenvalue weighted by Gasteiger charge is -2.27. The second-order valence-corrected chi connectivity index (χ2v) is 6.34. The van der Waals surface area contributed by atoms with Gasteiger partial charge in [0.1, 0.15) is 17.1 Å². The van der Waals surface area contributed by atoms with Gasteiger partial charge in [-0.15, -0.1) is 5.73 Å². The van der Waals surface area contributed by atoms with Crippen molar-refractivity contribution in [2.75, 3.05) is 31.6 Å². The Morgan fingerprint density at radius 3 is 2.38 bits per heavy atom. The van der Waals surface area contributed by atoms with Crippen molar-refractivity contribution >= 4 is 17.6 Å². The van der Waals surface area contributed by atoms with Gasteiger partial charge in [0, 0.05) is 37.3 Å². The van der Waals surface area contributed by atoms with Crippen molar-refractivity contribution in [1.29, 1.82) is 0 Å². The zero-order valence-electron chi connectivity index (χ0n) is 18.5. The van der Waals surface area contributed by atoms with Gasteiger partial charge in [-0.3, -0.25) is 9.56 Å². The van der Waals surface area contributed by atoms with E-state index in [0.29, 0.717) is 5.95 Å². The second kappa shape index (κ2) is 11.2. The van der Waals surface area contributed by atoms with Gasteiger partial charge in [-0.2, -0.15) is 9.98 Å². The van der Waals surface area contributed by atoms with Crippen molar-refractivity contribution < 1.29 is 0 Å². The van der Waals surface area contributed by atoms with E-state index in [1.165, 1.54) is 0 Å². The molecule has 0 fully saturated rings. The lowest BCUT2D eigenvalue weighted by atomic mass is 10.1. The lowest BCUT2D eigenvalue weighted by Crippen LogP contribution is -2.36. The molecule has 0 aromatic carbocycles. The summed E-state index contributed by atoms with van der Waals surface area (Å²) in [6, 6.07) is 2.03. The summed E-state index contributed by atoms with van der Waals surface area (Å²) in [7, 11) is 1.80. The highest BCUT2D eigenvalue weighted by Crippen LogP contribution is 2.21. The van der Waals surface area contributed by atoms with E-state index in [1.54, 1.807) is 7.05 Å². The Balaban J connectivity index is 0.00000145. The minimum atomic E-state index is 0.640. The van der Waals surface area contributed by atoms with Crippen molar-refractivity contribution in [1.82, 2.24) is 20.4 Å². The summed E-state index contributed by atoms with van der Waals surface area (Å²) >= 11 is 0. The molecular weight excluding hydrogens is 362 g/mol. The van der Waals surface area contributed by atoms with Gasteiger partial charge in [0.05, 0.1) is 13.1 Å². The van der Waals surface area contributed by atoms with Crippen molar-refractivity contribution in [2.24, 2.45) is 9.98 Å². The topological polar surface area (TPSA) is 69.8 Å². The van der Waals surface area contributed by atoms with E-state index >= 15 is 0 Å². The predicted octanol–water partition coefficient (Wildman–Crippen LogP) is 3.02. The van der Waals surface area contributed by atoms with Crippen LogP contribution in [0.4, 0.5) is 11.8 Å². The van der Waals surface area contributed by atoms with Gasteiger partial charge >= 0.3 is 0 Å². The third kappa shape index (κ3) is 5.79. The van der Waals surface area contributed by atoms with Crippen LogP contribution in [0.5, 0.6) is 0 Å². The van der Waals surface area contributed by atoms with Crippen LogP contribution in [0.25, 0.3) is 0 Å². The molecule has 0 amide bonds. The number of allylic oxidation sites excluding steroid dienone is 2. The monoisotopic (exact) mass is 395 g/mol. The Labute approximate surface area is 174 Å². The SMILES string of the molecule is CC.CCNN/C(C)=N/c1nc(N2CC3=C=C(C=CC=C3)C2)cc(=NC)n1CC. The molecule has 2 N–H and O–H groups in total. The largest absolute Gasteiger partial charge is 0.346 e. The molecule has 3 rings (SSSR count). The Bertz CT molecular complexity index is 899.